The summed E-state index contributed by atoms with van der Waals surface area (Å²) in [4.78, 5) is 0. The molecular formula is C16H24ClNO. The molecule has 2 unspecified atom stereocenters. The number of halogens is 1. The molecule has 0 aliphatic carbocycles. The zero-order valence-electron chi connectivity index (χ0n) is 11.9. The zero-order valence-corrected chi connectivity index (χ0v) is 12.6. The molecule has 0 amide bonds. The van der Waals surface area contributed by atoms with Crippen LogP contribution in [0, 0.1) is 11.8 Å². The summed E-state index contributed by atoms with van der Waals surface area (Å²) >= 11 is 5.96. The van der Waals surface area contributed by atoms with Crippen molar-refractivity contribution in [3.8, 4) is 0 Å². The van der Waals surface area contributed by atoms with E-state index < -0.39 is 0 Å². The van der Waals surface area contributed by atoms with Gasteiger partial charge in [0.05, 0.1) is 6.61 Å². The lowest BCUT2D eigenvalue weighted by atomic mass is 9.94. The first-order valence-electron chi connectivity index (χ1n) is 7.23. The molecule has 1 saturated heterocycles. The van der Waals surface area contributed by atoms with Gasteiger partial charge in [0.25, 0.3) is 0 Å². The van der Waals surface area contributed by atoms with E-state index in [1.165, 1.54) is 18.4 Å². The van der Waals surface area contributed by atoms with Gasteiger partial charge in [-0.1, -0.05) is 37.6 Å². The molecular weight excluding hydrogens is 258 g/mol. The molecule has 1 heterocycles. The second-order valence-corrected chi connectivity index (χ2v) is 6.20. The van der Waals surface area contributed by atoms with E-state index in [0.29, 0.717) is 17.9 Å². The van der Waals surface area contributed by atoms with Gasteiger partial charge in [0.1, 0.15) is 0 Å². The smallest absolute Gasteiger partial charge is 0.0506 e. The van der Waals surface area contributed by atoms with Gasteiger partial charge in [0.15, 0.2) is 0 Å². The van der Waals surface area contributed by atoms with Crippen LogP contribution in [0.15, 0.2) is 24.3 Å². The predicted octanol–water partition coefficient (Wildman–Crippen LogP) is 4.05. The van der Waals surface area contributed by atoms with Crippen LogP contribution in [0.4, 0.5) is 0 Å². The Morgan fingerprint density at radius 1 is 1.32 bits per heavy atom. The van der Waals surface area contributed by atoms with E-state index in [1.807, 2.05) is 12.1 Å². The molecule has 1 aliphatic heterocycles. The number of benzene rings is 1. The van der Waals surface area contributed by atoms with Crippen molar-refractivity contribution >= 4 is 11.6 Å². The van der Waals surface area contributed by atoms with Crippen molar-refractivity contribution in [2.24, 2.45) is 11.8 Å². The van der Waals surface area contributed by atoms with Gasteiger partial charge >= 0.3 is 0 Å². The number of nitrogens with one attached hydrogen (secondary N) is 1. The molecule has 19 heavy (non-hydrogen) atoms. The third-order valence-electron chi connectivity index (χ3n) is 3.78. The minimum absolute atomic E-state index is 0.388. The Hall–Kier alpha value is -0.570. The fourth-order valence-electron chi connectivity index (χ4n) is 2.67. The van der Waals surface area contributed by atoms with Crippen LogP contribution in [0.3, 0.4) is 0 Å². The molecule has 2 nitrogen and oxygen atoms in total. The van der Waals surface area contributed by atoms with Crippen molar-refractivity contribution in [1.82, 2.24) is 5.32 Å². The quantitative estimate of drug-likeness (QED) is 0.879. The summed E-state index contributed by atoms with van der Waals surface area (Å²) in [5.74, 6) is 1.22. The molecule has 0 aromatic heterocycles. The maximum atomic E-state index is 5.96. The molecule has 106 valence electrons. The standard InChI is InChI=1S/C16H24ClNO/c1-12(2)16(14-5-7-15(17)8-6-14)18-10-13-4-3-9-19-11-13/h5-8,12-13,16,18H,3-4,9-11H2,1-2H3. The van der Waals surface area contributed by atoms with Gasteiger partial charge in [-0.15, -0.1) is 0 Å². The van der Waals surface area contributed by atoms with Crippen molar-refractivity contribution in [2.45, 2.75) is 32.7 Å². The molecule has 1 aromatic rings. The number of ether oxygens (including phenoxy) is 1. The fraction of sp³-hybridized carbons (Fsp3) is 0.625. The largest absolute Gasteiger partial charge is 0.381 e. The summed E-state index contributed by atoms with van der Waals surface area (Å²) in [7, 11) is 0. The van der Waals surface area contributed by atoms with E-state index >= 15 is 0 Å². The lowest BCUT2D eigenvalue weighted by Crippen LogP contribution is -2.33. The topological polar surface area (TPSA) is 21.3 Å². The van der Waals surface area contributed by atoms with E-state index in [2.05, 4.69) is 31.3 Å². The van der Waals surface area contributed by atoms with Crippen molar-refractivity contribution in [1.29, 1.82) is 0 Å². The monoisotopic (exact) mass is 281 g/mol. The molecule has 0 spiro atoms. The van der Waals surface area contributed by atoms with E-state index in [-0.39, 0.29) is 0 Å². The van der Waals surface area contributed by atoms with Gasteiger partial charge in [-0.3, -0.25) is 0 Å². The average Bonchev–Trinajstić information content (AvgIpc) is 2.42. The van der Waals surface area contributed by atoms with Gasteiger partial charge in [0, 0.05) is 24.2 Å². The second-order valence-electron chi connectivity index (χ2n) is 5.76. The highest BCUT2D eigenvalue weighted by molar-refractivity contribution is 6.30. The van der Waals surface area contributed by atoms with E-state index in [4.69, 9.17) is 16.3 Å². The Balaban J connectivity index is 1.94. The summed E-state index contributed by atoms with van der Waals surface area (Å²) in [6, 6.07) is 8.57. The third kappa shape index (κ3) is 4.48. The van der Waals surface area contributed by atoms with Crippen LogP contribution < -0.4 is 5.32 Å². The van der Waals surface area contributed by atoms with Crippen LogP contribution >= 0.6 is 11.6 Å². The molecule has 1 N–H and O–H groups in total. The van der Waals surface area contributed by atoms with Crippen molar-refractivity contribution in [2.75, 3.05) is 19.8 Å². The highest BCUT2D eigenvalue weighted by atomic mass is 35.5. The van der Waals surface area contributed by atoms with Crippen LogP contribution in [-0.4, -0.2) is 19.8 Å². The Labute approximate surface area is 121 Å². The average molecular weight is 282 g/mol. The van der Waals surface area contributed by atoms with E-state index in [0.717, 1.165) is 24.8 Å². The summed E-state index contributed by atoms with van der Waals surface area (Å²) in [6.07, 6.45) is 2.47. The van der Waals surface area contributed by atoms with E-state index in [1.54, 1.807) is 0 Å². The molecule has 2 rings (SSSR count). The molecule has 0 bridgehead atoms. The molecule has 0 radical (unpaired) electrons. The zero-order chi connectivity index (χ0) is 13.7. The minimum atomic E-state index is 0.388. The summed E-state index contributed by atoms with van der Waals surface area (Å²) in [5.41, 5.74) is 1.32. The van der Waals surface area contributed by atoms with Gasteiger partial charge in [-0.25, -0.2) is 0 Å². The SMILES string of the molecule is CC(C)C(NCC1CCCOC1)c1ccc(Cl)cc1. The van der Waals surface area contributed by atoms with Gasteiger partial charge in [-0.2, -0.15) is 0 Å². The van der Waals surface area contributed by atoms with Crippen LogP contribution in [0.25, 0.3) is 0 Å². The highest BCUT2D eigenvalue weighted by Crippen LogP contribution is 2.24. The second kappa shape index (κ2) is 7.28. The Bertz CT molecular complexity index is 371. The maximum absolute atomic E-state index is 5.96. The molecule has 1 aromatic carbocycles. The number of hydrogen-bond donors (Lipinski definition) is 1. The third-order valence-corrected chi connectivity index (χ3v) is 4.03. The fourth-order valence-corrected chi connectivity index (χ4v) is 2.80. The van der Waals surface area contributed by atoms with E-state index in [9.17, 15) is 0 Å². The van der Waals surface area contributed by atoms with Crippen molar-refractivity contribution in [3.63, 3.8) is 0 Å². The first-order valence-corrected chi connectivity index (χ1v) is 7.61. The van der Waals surface area contributed by atoms with Crippen LogP contribution in [-0.2, 0) is 4.74 Å². The Morgan fingerprint density at radius 3 is 2.63 bits per heavy atom. The minimum Gasteiger partial charge on any atom is -0.381 e. The van der Waals surface area contributed by atoms with Gasteiger partial charge in [0.2, 0.25) is 0 Å². The number of hydrogen-bond acceptors (Lipinski definition) is 2. The Morgan fingerprint density at radius 2 is 2.05 bits per heavy atom. The lowest BCUT2D eigenvalue weighted by Gasteiger charge is -2.28. The van der Waals surface area contributed by atoms with Gasteiger partial charge in [-0.05, 0) is 42.4 Å². The van der Waals surface area contributed by atoms with Gasteiger partial charge < -0.3 is 10.1 Å². The van der Waals surface area contributed by atoms with Crippen molar-refractivity contribution < 1.29 is 4.74 Å². The number of rotatable bonds is 5. The lowest BCUT2D eigenvalue weighted by molar-refractivity contribution is 0.0531. The molecule has 1 fully saturated rings. The first kappa shape index (κ1) is 14.8. The summed E-state index contributed by atoms with van der Waals surface area (Å²) in [5, 5.41) is 4.50. The van der Waals surface area contributed by atoms with Crippen molar-refractivity contribution in [3.05, 3.63) is 34.9 Å². The normalized spacial score (nSPS) is 21.6. The Kier molecular flexibility index (Phi) is 5.68. The van der Waals surface area contributed by atoms with Crippen LogP contribution in [0.5, 0.6) is 0 Å². The molecule has 1 aliphatic rings. The molecule has 0 saturated carbocycles. The predicted molar refractivity (Wildman–Crippen MR) is 80.6 cm³/mol. The van der Waals surface area contributed by atoms with Crippen LogP contribution in [0.1, 0.15) is 38.3 Å². The highest BCUT2D eigenvalue weighted by Gasteiger charge is 2.19. The summed E-state index contributed by atoms with van der Waals surface area (Å²) < 4.78 is 5.54. The van der Waals surface area contributed by atoms with Crippen LogP contribution in [0.2, 0.25) is 5.02 Å². The summed E-state index contributed by atoms with van der Waals surface area (Å²) in [6.45, 7) is 7.37. The first-order chi connectivity index (χ1) is 9.16. The molecule has 2 atom stereocenters. The molecule has 3 heteroatoms. The maximum Gasteiger partial charge on any atom is 0.0506 e.